The topological polar surface area (TPSA) is 6.48 Å². The average Bonchev–Trinajstić information content (AvgIpc) is 2.70. The van der Waals surface area contributed by atoms with Gasteiger partial charge in [-0.3, -0.25) is 4.90 Å². The van der Waals surface area contributed by atoms with E-state index in [0.29, 0.717) is 4.87 Å². The lowest BCUT2D eigenvalue weighted by molar-refractivity contribution is 0.135. The van der Waals surface area contributed by atoms with Crippen LogP contribution in [0.15, 0.2) is 0 Å². The first kappa shape index (κ1) is 16.3. The normalized spacial score (nSPS) is 24.4. The largest absolute Gasteiger partial charge is 0.306 e. The SMILES string of the molecule is CC.CC.CN1CCC2(CC1)SCCN2C. The van der Waals surface area contributed by atoms with E-state index < -0.39 is 0 Å². The predicted molar refractivity (Wildman–Crippen MR) is 77.2 cm³/mol. The second-order valence-electron chi connectivity index (χ2n) is 4.02. The summed E-state index contributed by atoms with van der Waals surface area (Å²) in [5.41, 5.74) is 0. The molecular weight excluding hydrogens is 216 g/mol. The van der Waals surface area contributed by atoms with E-state index in [-0.39, 0.29) is 0 Å². The van der Waals surface area contributed by atoms with Gasteiger partial charge in [0.2, 0.25) is 0 Å². The summed E-state index contributed by atoms with van der Waals surface area (Å²) in [4.78, 5) is 5.52. The molecule has 0 amide bonds. The smallest absolute Gasteiger partial charge is 0.0692 e. The Morgan fingerprint density at radius 2 is 1.38 bits per heavy atom. The van der Waals surface area contributed by atoms with E-state index in [1.54, 1.807) is 0 Å². The molecule has 0 aliphatic carbocycles. The molecule has 2 aliphatic rings. The standard InChI is InChI=1S/C9H18N2S.2C2H6/c1-10-5-3-9(4-6-10)11(2)7-8-12-9;2*1-2/h3-8H2,1-2H3;2*1-2H3. The Labute approximate surface area is 107 Å². The van der Waals surface area contributed by atoms with Crippen LogP contribution in [0, 0.1) is 0 Å². The van der Waals surface area contributed by atoms with E-state index >= 15 is 0 Å². The van der Waals surface area contributed by atoms with Gasteiger partial charge in [-0.2, -0.15) is 0 Å². The Hall–Kier alpha value is 0.270. The first-order chi connectivity index (χ1) is 7.73. The third-order valence-electron chi connectivity index (χ3n) is 3.26. The molecule has 2 nitrogen and oxygen atoms in total. The molecule has 98 valence electrons. The maximum atomic E-state index is 2.56. The van der Waals surface area contributed by atoms with Crippen LogP contribution in [-0.4, -0.2) is 54.2 Å². The zero-order chi connectivity index (χ0) is 12.6. The maximum Gasteiger partial charge on any atom is 0.0692 e. The molecule has 0 N–H and O–H groups in total. The molecule has 2 heterocycles. The van der Waals surface area contributed by atoms with Crippen molar-refractivity contribution in [1.82, 2.24) is 9.80 Å². The molecule has 1 spiro atoms. The molecule has 0 radical (unpaired) electrons. The maximum absolute atomic E-state index is 2.56. The van der Waals surface area contributed by atoms with Crippen molar-refractivity contribution < 1.29 is 0 Å². The molecule has 0 saturated carbocycles. The van der Waals surface area contributed by atoms with Crippen molar-refractivity contribution in [3.8, 4) is 0 Å². The van der Waals surface area contributed by atoms with Gasteiger partial charge in [-0.25, -0.2) is 0 Å². The molecule has 16 heavy (non-hydrogen) atoms. The van der Waals surface area contributed by atoms with Crippen LogP contribution in [-0.2, 0) is 0 Å². The van der Waals surface area contributed by atoms with Gasteiger partial charge in [-0.05, 0) is 26.9 Å². The summed E-state index contributed by atoms with van der Waals surface area (Å²) < 4.78 is 0. The fourth-order valence-electron chi connectivity index (χ4n) is 2.18. The number of thioether (sulfide) groups is 1. The molecule has 0 bridgehead atoms. The molecule has 2 saturated heterocycles. The lowest BCUT2D eigenvalue weighted by atomic mass is 10.0. The van der Waals surface area contributed by atoms with Gasteiger partial charge in [-0.1, -0.05) is 27.7 Å². The molecular formula is C13H30N2S. The first-order valence-electron chi connectivity index (χ1n) is 6.77. The molecule has 0 atom stereocenters. The van der Waals surface area contributed by atoms with E-state index in [4.69, 9.17) is 0 Å². The van der Waals surface area contributed by atoms with Gasteiger partial charge in [0, 0.05) is 25.4 Å². The molecule has 3 heteroatoms. The zero-order valence-corrected chi connectivity index (χ0v) is 12.9. The third kappa shape index (κ3) is 3.94. The Balaban J connectivity index is 0.000000509. The fraction of sp³-hybridized carbons (Fsp3) is 1.00. The summed E-state index contributed by atoms with van der Waals surface area (Å²) in [6.45, 7) is 11.8. The molecule has 2 aliphatic heterocycles. The van der Waals surface area contributed by atoms with Crippen molar-refractivity contribution in [3.63, 3.8) is 0 Å². The van der Waals surface area contributed by atoms with Crippen molar-refractivity contribution in [2.75, 3.05) is 39.5 Å². The Morgan fingerprint density at radius 1 is 0.875 bits per heavy atom. The second kappa shape index (κ2) is 8.37. The van der Waals surface area contributed by atoms with Crippen LogP contribution >= 0.6 is 11.8 Å². The highest BCUT2D eigenvalue weighted by molar-refractivity contribution is 8.00. The van der Waals surface area contributed by atoms with E-state index in [1.165, 1.54) is 38.2 Å². The first-order valence-corrected chi connectivity index (χ1v) is 7.75. The third-order valence-corrected chi connectivity index (χ3v) is 4.91. The summed E-state index contributed by atoms with van der Waals surface area (Å²) in [7, 11) is 4.51. The second-order valence-corrected chi connectivity index (χ2v) is 5.48. The minimum atomic E-state index is 0.520. The van der Waals surface area contributed by atoms with Crippen molar-refractivity contribution in [1.29, 1.82) is 0 Å². The fourth-order valence-corrected chi connectivity index (χ4v) is 3.71. The lowest BCUT2D eigenvalue weighted by Crippen LogP contribution is -2.47. The van der Waals surface area contributed by atoms with Gasteiger partial charge < -0.3 is 4.90 Å². The minimum Gasteiger partial charge on any atom is -0.306 e. The molecule has 0 aromatic carbocycles. The molecule has 2 fully saturated rings. The Morgan fingerprint density at radius 3 is 1.75 bits per heavy atom. The number of likely N-dealkylation sites (tertiary alicyclic amines) is 1. The lowest BCUT2D eigenvalue weighted by Gasteiger charge is -2.41. The summed E-state index contributed by atoms with van der Waals surface area (Å²) >= 11 is 2.18. The van der Waals surface area contributed by atoms with Crippen LogP contribution in [0.4, 0.5) is 0 Å². The minimum absolute atomic E-state index is 0.520. The van der Waals surface area contributed by atoms with E-state index in [9.17, 15) is 0 Å². The van der Waals surface area contributed by atoms with Crippen molar-refractivity contribution in [2.45, 2.75) is 45.4 Å². The summed E-state index contributed by atoms with van der Waals surface area (Å²) in [5.74, 6) is 1.33. The van der Waals surface area contributed by atoms with Gasteiger partial charge in [0.05, 0.1) is 4.87 Å². The van der Waals surface area contributed by atoms with E-state index in [0.717, 1.165) is 0 Å². The number of hydrogen-bond donors (Lipinski definition) is 0. The number of hydrogen-bond acceptors (Lipinski definition) is 3. The van der Waals surface area contributed by atoms with Crippen LogP contribution in [0.5, 0.6) is 0 Å². The van der Waals surface area contributed by atoms with E-state index in [1.807, 2.05) is 27.7 Å². The van der Waals surface area contributed by atoms with Gasteiger partial charge in [-0.15, -0.1) is 11.8 Å². The van der Waals surface area contributed by atoms with Crippen LogP contribution in [0.3, 0.4) is 0 Å². The highest BCUT2D eigenvalue weighted by Gasteiger charge is 2.41. The van der Waals surface area contributed by atoms with Crippen molar-refractivity contribution in [3.05, 3.63) is 0 Å². The van der Waals surface area contributed by atoms with E-state index in [2.05, 4.69) is 35.7 Å². The average molecular weight is 246 g/mol. The quantitative estimate of drug-likeness (QED) is 0.648. The molecule has 2 rings (SSSR count). The Kier molecular flexibility index (Phi) is 8.52. The number of nitrogens with zero attached hydrogens (tertiary/aromatic N) is 2. The van der Waals surface area contributed by atoms with Crippen LogP contribution in [0.25, 0.3) is 0 Å². The highest BCUT2D eigenvalue weighted by atomic mass is 32.2. The van der Waals surface area contributed by atoms with Gasteiger partial charge in [0.15, 0.2) is 0 Å². The van der Waals surface area contributed by atoms with Crippen LogP contribution in [0.2, 0.25) is 0 Å². The predicted octanol–water partition coefficient (Wildman–Crippen LogP) is 3.14. The molecule has 0 unspecified atom stereocenters. The summed E-state index contributed by atoms with van der Waals surface area (Å²) in [5, 5.41) is 0. The number of rotatable bonds is 0. The number of piperidine rings is 1. The monoisotopic (exact) mass is 246 g/mol. The summed E-state index contributed by atoms with van der Waals surface area (Å²) in [6, 6.07) is 0. The van der Waals surface area contributed by atoms with Crippen molar-refractivity contribution in [2.24, 2.45) is 0 Å². The van der Waals surface area contributed by atoms with Crippen LogP contribution in [0.1, 0.15) is 40.5 Å². The van der Waals surface area contributed by atoms with Gasteiger partial charge in [0.25, 0.3) is 0 Å². The Bertz CT molecular complexity index is 165. The van der Waals surface area contributed by atoms with Crippen molar-refractivity contribution >= 4 is 11.8 Å². The molecule has 0 aromatic rings. The molecule has 0 aromatic heterocycles. The van der Waals surface area contributed by atoms with Gasteiger partial charge >= 0.3 is 0 Å². The summed E-state index contributed by atoms with van der Waals surface area (Å²) in [6.07, 6.45) is 2.70. The van der Waals surface area contributed by atoms with Crippen LogP contribution < -0.4 is 0 Å². The van der Waals surface area contributed by atoms with Gasteiger partial charge in [0.1, 0.15) is 0 Å². The highest BCUT2D eigenvalue weighted by Crippen LogP contribution is 2.42. The zero-order valence-electron chi connectivity index (χ0n) is 12.0.